The summed E-state index contributed by atoms with van der Waals surface area (Å²) in [6.45, 7) is 8.89. The molecule has 1 saturated heterocycles. The van der Waals surface area contributed by atoms with Crippen LogP contribution in [0.15, 0.2) is 18.2 Å². The highest BCUT2D eigenvalue weighted by Gasteiger charge is 2.41. The number of nitriles is 1. The van der Waals surface area contributed by atoms with Crippen LogP contribution >= 0.6 is 0 Å². The molecule has 0 unspecified atom stereocenters. The van der Waals surface area contributed by atoms with Crippen molar-refractivity contribution >= 4 is 6.09 Å². The molecule has 0 aliphatic carbocycles. The maximum Gasteiger partial charge on any atom is 0.410 e. The third-order valence-corrected chi connectivity index (χ3v) is 4.95. The second-order valence-electron chi connectivity index (χ2n) is 8.36. The van der Waals surface area contributed by atoms with Gasteiger partial charge in [0.2, 0.25) is 0 Å². The van der Waals surface area contributed by atoms with Gasteiger partial charge in [0.15, 0.2) is 0 Å². The number of carbonyl (C=O) groups is 1. The van der Waals surface area contributed by atoms with Crippen LogP contribution in [-0.4, -0.2) is 36.3 Å². The van der Waals surface area contributed by atoms with Crippen LogP contribution in [-0.2, 0) is 10.2 Å². The first-order valence-electron chi connectivity index (χ1n) is 10.0. The number of benzene rings is 1. The van der Waals surface area contributed by atoms with E-state index < -0.39 is 11.0 Å². The fourth-order valence-corrected chi connectivity index (χ4v) is 3.38. The molecule has 2 rings (SSSR count). The van der Waals surface area contributed by atoms with Gasteiger partial charge in [-0.3, -0.25) is 0 Å². The van der Waals surface area contributed by atoms with Crippen molar-refractivity contribution in [2.24, 2.45) is 0 Å². The average molecular weight is 390 g/mol. The molecule has 154 valence electrons. The Balaban J connectivity index is 2.16. The summed E-state index contributed by atoms with van der Waals surface area (Å²) in [4.78, 5) is 13.9. The van der Waals surface area contributed by atoms with E-state index in [0.29, 0.717) is 43.9 Å². The van der Waals surface area contributed by atoms with Crippen molar-refractivity contribution in [3.05, 3.63) is 29.6 Å². The summed E-state index contributed by atoms with van der Waals surface area (Å²) in [7, 11) is 0. The van der Waals surface area contributed by atoms with E-state index in [-0.39, 0.29) is 11.9 Å². The number of unbranched alkanes of at least 4 members (excludes halogenated alkanes) is 2. The summed E-state index contributed by atoms with van der Waals surface area (Å²) >= 11 is 0. The molecular weight excluding hydrogens is 359 g/mol. The van der Waals surface area contributed by atoms with Gasteiger partial charge < -0.3 is 14.4 Å². The quantitative estimate of drug-likeness (QED) is 0.627. The first kappa shape index (κ1) is 22.0. The zero-order valence-corrected chi connectivity index (χ0v) is 17.4. The molecule has 28 heavy (non-hydrogen) atoms. The van der Waals surface area contributed by atoms with Crippen molar-refractivity contribution in [1.82, 2.24) is 4.90 Å². The fraction of sp³-hybridized carbons (Fsp3) is 0.636. The van der Waals surface area contributed by atoms with Crippen LogP contribution in [0.5, 0.6) is 5.75 Å². The van der Waals surface area contributed by atoms with Gasteiger partial charge in [0.1, 0.15) is 17.2 Å². The summed E-state index contributed by atoms with van der Waals surface area (Å²) in [6.07, 6.45) is 3.51. The number of ether oxygens (including phenoxy) is 2. The number of hydrogen-bond donors (Lipinski definition) is 0. The molecule has 1 aliphatic rings. The first-order valence-corrected chi connectivity index (χ1v) is 10.0. The predicted octanol–water partition coefficient (Wildman–Crippen LogP) is 5.19. The van der Waals surface area contributed by atoms with Gasteiger partial charge in [-0.1, -0.05) is 19.8 Å². The van der Waals surface area contributed by atoms with Gasteiger partial charge in [0.25, 0.3) is 0 Å². The van der Waals surface area contributed by atoms with Gasteiger partial charge in [0, 0.05) is 18.7 Å². The molecule has 0 radical (unpaired) electrons. The van der Waals surface area contributed by atoms with Crippen molar-refractivity contribution < 1.29 is 18.7 Å². The van der Waals surface area contributed by atoms with Crippen LogP contribution in [0.25, 0.3) is 0 Å². The monoisotopic (exact) mass is 390 g/mol. The number of likely N-dealkylation sites (tertiary alicyclic amines) is 1. The normalized spacial score (nSPS) is 16.4. The second kappa shape index (κ2) is 9.27. The number of hydrogen-bond acceptors (Lipinski definition) is 4. The largest absolute Gasteiger partial charge is 0.493 e. The van der Waals surface area contributed by atoms with Crippen molar-refractivity contribution in [1.29, 1.82) is 5.26 Å². The molecule has 1 heterocycles. The van der Waals surface area contributed by atoms with Gasteiger partial charge in [-0.25, -0.2) is 9.18 Å². The van der Waals surface area contributed by atoms with Crippen LogP contribution in [0.3, 0.4) is 0 Å². The minimum absolute atomic E-state index is 0.380. The number of rotatable bonds is 6. The Morgan fingerprint density at radius 1 is 1.29 bits per heavy atom. The highest BCUT2D eigenvalue weighted by atomic mass is 19.1. The van der Waals surface area contributed by atoms with E-state index in [9.17, 15) is 14.4 Å². The molecule has 6 heteroatoms. The molecule has 1 aliphatic heterocycles. The van der Waals surface area contributed by atoms with Crippen LogP contribution in [0.1, 0.15) is 65.4 Å². The maximum atomic E-state index is 14.0. The van der Waals surface area contributed by atoms with Gasteiger partial charge in [0.05, 0.1) is 18.1 Å². The Bertz CT molecular complexity index is 713. The van der Waals surface area contributed by atoms with Gasteiger partial charge in [-0.05, 0) is 58.2 Å². The van der Waals surface area contributed by atoms with Crippen molar-refractivity contribution in [2.75, 3.05) is 19.7 Å². The lowest BCUT2D eigenvalue weighted by Gasteiger charge is -2.38. The molecule has 0 bridgehead atoms. The Labute approximate surface area is 167 Å². The molecule has 0 spiro atoms. The summed E-state index contributed by atoms with van der Waals surface area (Å²) < 4.78 is 25.3. The summed E-state index contributed by atoms with van der Waals surface area (Å²) in [5.74, 6) is 0.171. The Hall–Kier alpha value is -2.29. The number of piperidine rings is 1. The molecule has 1 aromatic rings. The van der Waals surface area contributed by atoms with Crippen LogP contribution in [0.4, 0.5) is 9.18 Å². The predicted molar refractivity (Wildman–Crippen MR) is 106 cm³/mol. The van der Waals surface area contributed by atoms with Crippen LogP contribution in [0.2, 0.25) is 0 Å². The van der Waals surface area contributed by atoms with E-state index in [1.54, 1.807) is 11.0 Å². The number of halogens is 1. The minimum atomic E-state index is -0.874. The molecule has 5 nitrogen and oxygen atoms in total. The van der Waals surface area contributed by atoms with E-state index in [2.05, 4.69) is 13.0 Å². The maximum absolute atomic E-state index is 14.0. The number of amides is 1. The lowest BCUT2D eigenvalue weighted by molar-refractivity contribution is 0.0184. The molecule has 0 saturated carbocycles. The molecule has 1 fully saturated rings. The molecule has 1 aromatic carbocycles. The smallest absolute Gasteiger partial charge is 0.410 e. The number of nitrogens with zero attached hydrogens (tertiary/aromatic N) is 2. The topological polar surface area (TPSA) is 62.6 Å². The van der Waals surface area contributed by atoms with Gasteiger partial charge in [-0.15, -0.1) is 0 Å². The van der Waals surface area contributed by atoms with Crippen molar-refractivity contribution in [2.45, 2.75) is 70.8 Å². The van der Waals surface area contributed by atoms with E-state index in [1.807, 2.05) is 20.8 Å². The van der Waals surface area contributed by atoms with E-state index in [4.69, 9.17) is 9.47 Å². The van der Waals surface area contributed by atoms with Crippen molar-refractivity contribution in [3.8, 4) is 11.8 Å². The molecular formula is C22H31FN2O3. The summed E-state index contributed by atoms with van der Waals surface area (Å²) in [5.41, 5.74) is -0.862. The minimum Gasteiger partial charge on any atom is -0.493 e. The molecule has 1 amide bonds. The lowest BCUT2D eigenvalue weighted by atomic mass is 9.73. The third kappa shape index (κ3) is 5.60. The average Bonchev–Trinajstić information content (AvgIpc) is 2.65. The first-order chi connectivity index (χ1) is 13.2. The van der Waals surface area contributed by atoms with Crippen LogP contribution < -0.4 is 4.74 Å². The highest BCUT2D eigenvalue weighted by molar-refractivity contribution is 5.68. The molecule has 0 N–H and O–H groups in total. The molecule has 0 atom stereocenters. The summed E-state index contributed by atoms with van der Waals surface area (Å²) in [6, 6.07) is 6.76. The Kier molecular flexibility index (Phi) is 7.29. The SMILES string of the molecule is CCCCCOc1ccc(F)cc1C1(C#N)CCN(C(=O)OC(C)(C)C)CC1. The van der Waals surface area contributed by atoms with E-state index >= 15 is 0 Å². The van der Waals surface area contributed by atoms with E-state index in [1.165, 1.54) is 12.1 Å². The Morgan fingerprint density at radius 3 is 2.54 bits per heavy atom. The number of carbonyl (C=O) groups excluding carboxylic acids is 1. The van der Waals surface area contributed by atoms with Crippen LogP contribution in [0, 0.1) is 17.1 Å². The van der Waals surface area contributed by atoms with Gasteiger partial charge >= 0.3 is 6.09 Å². The third-order valence-electron chi connectivity index (χ3n) is 4.95. The molecule has 0 aromatic heterocycles. The zero-order chi connectivity index (χ0) is 20.8. The Morgan fingerprint density at radius 2 is 1.96 bits per heavy atom. The standard InChI is InChI=1S/C22H31FN2O3/c1-5-6-7-14-27-19-9-8-17(23)15-18(19)22(16-24)10-12-25(13-11-22)20(26)28-21(2,3)4/h8-9,15H,5-7,10-14H2,1-4H3. The lowest BCUT2D eigenvalue weighted by Crippen LogP contribution is -2.46. The zero-order valence-electron chi connectivity index (χ0n) is 17.4. The van der Waals surface area contributed by atoms with Gasteiger partial charge in [-0.2, -0.15) is 5.26 Å². The van der Waals surface area contributed by atoms with E-state index in [0.717, 1.165) is 19.3 Å². The van der Waals surface area contributed by atoms with Crippen molar-refractivity contribution in [3.63, 3.8) is 0 Å². The summed E-state index contributed by atoms with van der Waals surface area (Å²) in [5, 5.41) is 9.97. The highest BCUT2D eigenvalue weighted by Crippen LogP contribution is 2.40. The fourth-order valence-electron chi connectivity index (χ4n) is 3.38. The second-order valence-corrected chi connectivity index (χ2v) is 8.36.